The highest BCUT2D eigenvalue weighted by Crippen LogP contribution is 2.29. The van der Waals surface area contributed by atoms with Gasteiger partial charge in [0, 0.05) is 5.33 Å². The van der Waals surface area contributed by atoms with E-state index in [2.05, 4.69) is 35.5 Å². The summed E-state index contributed by atoms with van der Waals surface area (Å²) in [6.45, 7) is 6.25. The van der Waals surface area contributed by atoms with E-state index in [9.17, 15) is 0 Å². The fraction of sp³-hybridized carbons (Fsp3) is 0.333. The fourth-order valence-corrected chi connectivity index (χ4v) is 2.07. The molecule has 18 heavy (non-hydrogen) atoms. The number of allylic oxidation sites excluding steroid dienone is 1. The Morgan fingerprint density at radius 3 is 2.72 bits per heavy atom. The van der Waals surface area contributed by atoms with Gasteiger partial charge < -0.3 is 9.47 Å². The summed E-state index contributed by atoms with van der Waals surface area (Å²) in [6, 6.07) is 5.94. The molecule has 0 fully saturated rings. The maximum Gasteiger partial charge on any atom is 0.161 e. The number of alkyl halides is 1. The van der Waals surface area contributed by atoms with Crippen molar-refractivity contribution in [3.8, 4) is 11.5 Å². The second kappa shape index (κ2) is 7.98. The van der Waals surface area contributed by atoms with Gasteiger partial charge in [0.2, 0.25) is 0 Å². The number of halogens is 1. The van der Waals surface area contributed by atoms with E-state index in [1.165, 1.54) is 5.57 Å². The molecule has 0 aromatic heterocycles. The van der Waals surface area contributed by atoms with E-state index in [1.807, 2.05) is 18.2 Å². The molecular weight excluding hydrogens is 292 g/mol. The number of rotatable bonds is 7. The summed E-state index contributed by atoms with van der Waals surface area (Å²) in [6.07, 6.45) is 4.91. The average molecular weight is 311 g/mol. The van der Waals surface area contributed by atoms with Gasteiger partial charge in [0.05, 0.1) is 7.11 Å². The van der Waals surface area contributed by atoms with Crippen LogP contribution in [0.15, 0.2) is 36.4 Å². The number of methoxy groups -OCH3 is 1. The Balaban J connectivity index is 2.97. The summed E-state index contributed by atoms with van der Waals surface area (Å²) >= 11 is 3.48. The summed E-state index contributed by atoms with van der Waals surface area (Å²) in [5, 5.41) is 0.889. The summed E-state index contributed by atoms with van der Waals surface area (Å²) in [5.74, 6) is 1.49. The largest absolute Gasteiger partial charge is 0.493 e. The maximum atomic E-state index is 5.52. The highest BCUT2D eigenvalue weighted by molar-refractivity contribution is 9.09. The lowest BCUT2D eigenvalue weighted by atomic mass is 10.1. The normalized spacial score (nSPS) is 11.2. The van der Waals surface area contributed by atoms with E-state index in [0.29, 0.717) is 6.61 Å². The van der Waals surface area contributed by atoms with Crippen LogP contribution >= 0.6 is 15.9 Å². The van der Waals surface area contributed by atoms with E-state index in [1.54, 1.807) is 13.2 Å². The Morgan fingerprint density at radius 2 is 2.17 bits per heavy atom. The minimum Gasteiger partial charge on any atom is -0.493 e. The van der Waals surface area contributed by atoms with Gasteiger partial charge in [-0.25, -0.2) is 0 Å². The lowest BCUT2D eigenvalue weighted by molar-refractivity contribution is 0.326. The highest BCUT2D eigenvalue weighted by atomic mass is 79.9. The van der Waals surface area contributed by atoms with Gasteiger partial charge in [-0.05, 0) is 24.1 Å². The Hall–Kier alpha value is -1.22. The van der Waals surface area contributed by atoms with Crippen LogP contribution in [-0.2, 0) is 0 Å². The van der Waals surface area contributed by atoms with Crippen molar-refractivity contribution >= 4 is 22.0 Å². The second-order valence-electron chi connectivity index (χ2n) is 3.80. The number of hydrogen-bond donors (Lipinski definition) is 0. The van der Waals surface area contributed by atoms with Gasteiger partial charge in [0.25, 0.3) is 0 Å². The lowest BCUT2D eigenvalue weighted by Crippen LogP contribution is -1.96. The van der Waals surface area contributed by atoms with Crippen molar-refractivity contribution in [1.82, 2.24) is 0 Å². The molecule has 1 aromatic rings. The zero-order chi connectivity index (χ0) is 13.4. The van der Waals surface area contributed by atoms with Gasteiger partial charge in [0.1, 0.15) is 6.61 Å². The molecule has 1 rings (SSSR count). The van der Waals surface area contributed by atoms with Gasteiger partial charge >= 0.3 is 0 Å². The van der Waals surface area contributed by atoms with Crippen LogP contribution in [0.3, 0.4) is 0 Å². The van der Waals surface area contributed by atoms with Crippen molar-refractivity contribution in [2.24, 2.45) is 0 Å². The molecule has 0 aliphatic heterocycles. The van der Waals surface area contributed by atoms with Crippen LogP contribution in [0.25, 0.3) is 6.08 Å². The van der Waals surface area contributed by atoms with Crippen molar-refractivity contribution in [1.29, 1.82) is 0 Å². The molecule has 0 atom stereocenters. The molecule has 0 N–H and O–H groups in total. The molecule has 0 unspecified atom stereocenters. The van der Waals surface area contributed by atoms with Crippen LogP contribution in [0, 0.1) is 0 Å². The van der Waals surface area contributed by atoms with E-state index >= 15 is 0 Å². The molecule has 0 aliphatic carbocycles. The Bertz CT molecular complexity index is 419. The fourth-order valence-electron chi connectivity index (χ4n) is 1.51. The van der Waals surface area contributed by atoms with E-state index < -0.39 is 0 Å². The minimum atomic E-state index is 0.479. The van der Waals surface area contributed by atoms with Crippen molar-refractivity contribution in [2.75, 3.05) is 19.0 Å². The highest BCUT2D eigenvalue weighted by Gasteiger charge is 2.04. The first-order valence-electron chi connectivity index (χ1n) is 5.92. The zero-order valence-electron chi connectivity index (χ0n) is 10.9. The molecule has 0 saturated heterocycles. The second-order valence-corrected chi connectivity index (χ2v) is 4.36. The molecular formula is C15H19BrO2. The average Bonchev–Trinajstić information content (AvgIpc) is 2.42. The monoisotopic (exact) mass is 310 g/mol. The van der Waals surface area contributed by atoms with Gasteiger partial charge in [-0.2, -0.15) is 0 Å². The van der Waals surface area contributed by atoms with Crippen LogP contribution in [0.1, 0.15) is 18.9 Å². The molecule has 3 heteroatoms. The number of hydrogen-bond acceptors (Lipinski definition) is 2. The summed E-state index contributed by atoms with van der Waals surface area (Å²) in [5.41, 5.74) is 2.46. The molecule has 0 radical (unpaired) electrons. The van der Waals surface area contributed by atoms with Gasteiger partial charge in [-0.1, -0.05) is 53.2 Å². The minimum absolute atomic E-state index is 0.479. The molecule has 0 heterocycles. The molecule has 0 amide bonds. The SMILES string of the molecule is C=CCOc1ccc(C=C(CC)CBr)cc1OC. The van der Waals surface area contributed by atoms with Crippen molar-refractivity contribution in [3.05, 3.63) is 42.0 Å². The molecule has 0 saturated carbocycles. The van der Waals surface area contributed by atoms with Crippen molar-refractivity contribution in [3.63, 3.8) is 0 Å². The van der Waals surface area contributed by atoms with Gasteiger partial charge in [0.15, 0.2) is 11.5 Å². The van der Waals surface area contributed by atoms with Crippen LogP contribution < -0.4 is 9.47 Å². The summed E-state index contributed by atoms with van der Waals surface area (Å²) < 4.78 is 10.8. The third-order valence-corrected chi connectivity index (χ3v) is 3.26. The summed E-state index contributed by atoms with van der Waals surface area (Å²) in [7, 11) is 1.65. The van der Waals surface area contributed by atoms with Crippen LogP contribution in [-0.4, -0.2) is 19.0 Å². The van der Waals surface area contributed by atoms with Crippen molar-refractivity contribution < 1.29 is 9.47 Å². The first-order chi connectivity index (χ1) is 8.74. The van der Waals surface area contributed by atoms with Gasteiger partial charge in [-0.3, -0.25) is 0 Å². The smallest absolute Gasteiger partial charge is 0.161 e. The molecule has 0 spiro atoms. The number of benzene rings is 1. The molecule has 0 aliphatic rings. The predicted molar refractivity (Wildman–Crippen MR) is 80.7 cm³/mol. The molecule has 98 valence electrons. The van der Waals surface area contributed by atoms with E-state index in [0.717, 1.165) is 28.8 Å². The Labute approximate surface area is 117 Å². The third kappa shape index (κ3) is 4.22. The van der Waals surface area contributed by atoms with Gasteiger partial charge in [-0.15, -0.1) is 0 Å². The van der Waals surface area contributed by atoms with E-state index in [-0.39, 0.29) is 0 Å². The van der Waals surface area contributed by atoms with Crippen LogP contribution in [0.4, 0.5) is 0 Å². The molecule has 0 bridgehead atoms. The standard InChI is InChI=1S/C15H19BrO2/c1-4-8-18-14-7-6-13(10-15(14)17-3)9-12(5-2)11-16/h4,6-7,9-10H,1,5,8,11H2,2-3H3. The quantitative estimate of drug-likeness (QED) is 0.547. The topological polar surface area (TPSA) is 18.5 Å². The third-order valence-electron chi connectivity index (χ3n) is 2.54. The lowest BCUT2D eigenvalue weighted by Gasteiger charge is -2.10. The van der Waals surface area contributed by atoms with Crippen molar-refractivity contribution in [2.45, 2.75) is 13.3 Å². The first-order valence-corrected chi connectivity index (χ1v) is 7.04. The number of ether oxygens (including phenoxy) is 2. The maximum absolute atomic E-state index is 5.52. The molecule has 2 nitrogen and oxygen atoms in total. The van der Waals surface area contributed by atoms with Crippen LogP contribution in [0.5, 0.6) is 11.5 Å². The predicted octanol–water partition coefficient (Wildman–Crippen LogP) is 4.45. The van der Waals surface area contributed by atoms with Crippen LogP contribution in [0.2, 0.25) is 0 Å². The van der Waals surface area contributed by atoms with E-state index in [4.69, 9.17) is 9.47 Å². The first kappa shape index (κ1) is 14.8. The zero-order valence-corrected chi connectivity index (χ0v) is 12.5. The summed E-state index contributed by atoms with van der Waals surface area (Å²) in [4.78, 5) is 0. The molecule has 1 aromatic carbocycles. The Kier molecular flexibility index (Phi) is 6.58. The Morgan fingerprint density at radius 1 is 1.39 bits per heavy atom.